The summed E-state index contributed by atoms with van der Waals surface area (Å²) in [6, 6.07) is 14.0. The number of aromatic nitrogens is 1. The smallest absolute Gasteiger partial charge is 0.255 e. The Morgan fingerprint density at radius 2 is 1.88 bits per heavy atom. The van der Waals surface area contributed by atoms with Crippen LogP contribution in [0.25, 0.3) is 10.1 Å². The number of ether oxygens (including phenoxy) is 2. The molecule has 2 amide bonds. The van der Waals surface area contributed by atoms with Gasteiger partial charge in [0.1, 0.15) is 18.1 Å². The molecule has 0 aliphatic heterocycles. The first-order valence-electron chi connectivity index (χ1n) is 10.5. The molecule has 34 heavy (non-hydrogen) atoms. The summed E-state index contributed by atoms with van der Waals surface area (Å²) in [4.78, 5) is 29.1. The molecule has 0 saturated heterocycles. The van der Waals surface area contributed by atoms with E-state index in [-0.39, 0.29) is 31.6 Å². The molecule has 0 fully saturated rings. The number of carbonyl (C=O) groups is 2. The number of amides is 2. The number of carbonyl (C=O) groups excluding carboxylic acids is 2. The van der Waals surface area contributed by atoms with Gasteiger partial charge >= 0.3 is 0 Å². The molecule has 0 aliphatic carbocycles. The van der Waals surface area contributed by atoms with E-state index in [9.17, 15) is 9.59 Å². The van der Waals surface area contributed by atoms with Crippen LogP contribution in [0.1, 0.15) is 26.3 Å². The van der Waals surface area contributed by atoms with Crippen molar-refractivity contribution >= 4 is 38.9 Å². The van der Waals surface area contributed by atoms with Crippen molar-refractivity contribution in [2.75, 3.05) is 25.6 Å². The minimum Gasteiger partial charge on any atom is -0.497 e. The molecule has 0 atom stereocenters. The van der Waals surface area contributed by atoms with Gasteiger partial charge in [-0.1, -0.05) is 6.07 Å². The number of benzene rings is 2. The van der Waals surface area contributed by atoms with Crippen LogP contribution in [-0.2, 0) is 6.61 Å². The third kappa shape index (κ3) is 5.33. The van der Waals surface area contributed by atoms with Gasteiger partial charge in [-0.05, 0) is 41.8 Å². The Labute approximate surface area is 200 Å². The number of thiophene rings is 1. The molecule has 9 heteroatoms. The molecule has 3 N–H and O–H groups in total. The summed E-state index contributed by atoms with van der Waals surface area (Å²) in [5, 5.41) is 17.2. The van der Waals surface area contributed by atoms with Gasteiger partial charge in [0.2, 0.25) is 0 Å². The number of aliphatic hydroxyl groups is 1. The van der Waals surface area contributed by atoms with Crippen molar-refractivity contribution in [1.29, 1.82) is 0 Å². The molecule has 8 nitrogen and oxygen atoms in total. The molecular weight excluding hydrogens is 454 g/mol. The van der Waals surface area contributed by atoms with Crippen molar-refractivity contribution in [2.45, 2.75) is 6.61 Å². The highest BCUT2D eigenvalue weighted by atomic mass is 32.1. The number of anilines is 1. The van der Waals surface area contributed by atoms with Crippen LogP contribution in [0.15, 0.2) is 66.3 Å². The lowest BCUT2D eigenvalue weighted by atomic mass is 10.1. The molecule has 0 spiro atoms. The third-order valence-corrected chi connectivity index (χ3v) is 6.12. The third-order valence-electron chi connectivity index (χ3n) is 5.04. The van der Waals surface area contributed by atoms with E-state index in [2.05, 4.69) is 15.6 Å². The highest BCUT2D eigenvalue weighted by Gasteiger charge is 2.15. The fourth-order valence-corrected chi connectivity index (χ4v) is 4.34. The second kappa shape index (κ2) is 10.8. The van der Waals surface area contributed by atoms with E-state index < -0.39 is 0 Å². The van der Waals surface area contributed by atoms with Crippen molar-refractivity contribution in [3.05, 3.63) is 83.0 Å². The summed E-state index contributed by atoms with van der Waals surface area (Å²) in [6.07, 6.45) is 3.23. The van der Waals surface area contributed by atoms with E-state index in [1.807, 2.05) is 11.4 Å². The van der Waals surface area contributed by atoms with Crippen LogP contribution in [-0.4, -0.2) is 42.2 Å². The van der Waals surface area contributed by atoms with Crippen molar-refractivity contribution in [2.24, 2.45) is 0 Å². The van der Waals surface area contributed by atoms with Crippen LogP contribution >= 0.6 is 11.3 Å². The van der Waals surface area contributed by atoms with Crippen LogP contribution < -0.4 is 20.1 Å². The fraction of sp³-hybridized carbons (Fsp3) is 0.160. The van der Waals surface area contributed by atoms with Gasteiger partial charge in [-0.15, -0.1) is 11.3 Å². The highest BCUT2D eigenvalue weighted by molar-refractivity contribution is 7.17. The zero-order chi connectivity index (χ0) is 23.9. The van der Waals surface area contributed by atoms with Crippen molar-refractivity contribution in [1.82, 2.24) is 10.3 Å². The molecule has 0 saturated carbocycles. The number of methoxy groups -OCH3 is 1. The van der Waals surface area contributed by atoms with Crippen LogP contribution in [0.4, 0.5) is 5.69 Å². The quantitative estimate of drug-likeness (QED) is 0.338. The van der Waals surface area contributed by atoms with Gasteiger partial charge in [0, 0.05) is 47.2 Å². The maximum atomic E-state index is 12.5. The van der Waals surface area contributed by atoms with Gasteiger partial charge in [0.15, 0.2) is 0 Å². The maximum Gasteiger partial charge on any atom is 0.255 e. The van der Waals surface area contributed by atoms with Crippen molar-refractivity contribution < 1.29 is 24.2 Å². The second-order valence-corrected chi connectivity index (χ2v) is 8.18. The SMILES string of the molecule is COc1ccc(C(=O)Nc2cccc(OCc3csc4c(C(=O)NCCO)cncc34)c2)cc1. The van der Waals surface area contributed by atoms with Crippen LogP contribution in [0.3, 0.4) is 0 Å². The lowest BCUT2D eigenvalue weighted by molar-refractivity contribution is 0.0945. The summed E-state index contributed by atoms with van der Waals surface area (Å²) in [6.45, 7) is 0.333. The molecule has 2 heterocycles. The average molecular weight is 478 g/mol. The largest absolute Gasteiger partial charge is 0.497 e. The van der Waals surface area contributed by atoms with E-state index in [1.165, 1.54) is 17.5 Å². The first-order chi connectivity index (χ1) is 16.6. The lowest BCUT2D eigenvalue weighted by Gasteiger charge is -2.10. The number of aliphatic hydroxyl groups excluding tert-OH is 1. The van der Waals surface area contributed by atoms with Crippen LogP contribution in [0.2, 0.25) is 0 Å². The lowest BCUT2D eigenvalue weighted by Crippen LogP contribution is -2.26. The number of hydrogen-bond donors (Lipinski definition) is 3. The molecule has 174 valence electrons. The Hall–Kier alpha value is -3.95. The van der Waals surface area contributed by atoms with E-state index in [1.54, 1.807) is 55.8 Å². The van der Waals surface area contributed by atoms with Crippen LogP contribution in [0, 0.1) is 0 Å². The van der Waals surface area contributed by atoms with Gasteiger partial charge in [-0.3, -0.25) is 14.6 Å². The van der Waals surface area contributed by atoms with Crippen molar-refractivity contribution in [3.63, 3.8) is 0 Å². The maximum absolute atomic E-state index is 12.5. The predicted octanol–water partition coefficient (Wildman–Crippen LogP) is 3.86. The molecule has 0 radical (unpaired) electrons. The molecule has 0 aliphatic rings. The Kier molecular flexibility index (Phi) is 7.36. The zero-order valence-corrected chi connectivity index (χ0v) is 19.2. The number of pyridine rings is 1. The summed E-state index contributed by atoms with van der Waals surface area (Å²) in [7, 11) is 1.57. The summed E-state index contributed by atoms with van der Waals surface area (Å²) >= 11 is 1.44. The number of hydrogen-bond acceptors (Lipinski definition) is 7. The topological polar surface area (TPSA) is 110 Å². The zero-order valence-electron chi connectivity index (χ0n) is 18.4. The monoisotopic (exact) mass is 477 g/mol. The summed E-state index contributed by atoms with van der Waals surface area (Å²) in [5.74, 6) is 0.765. The van der Waals surface area contributed by atoms with Gasteiger partial charge in [0.25, 0.3) is 11.8 Å². The summed E-state index contributed by atoms with van der Waals surface area (Å²) in [5.41, 5.74) is 2.49. The fourth-order valence-electron chi connectivity index (χ4n) is 3.31. The number of fused-ring (bicyclic) bond motifs is 1. The molecule has 2 aromatic carbocycles. The Morgan fingerprint density at radius 3 is 2.65 bits per heavy atom. The molecule has 0 unspecified atom stereocenters. The Bertz CT molecular complexity index is 1300. The van der Waals surface area contributed by atoms with Crippen LogP contribution in [0.5, 0.6) is 11.5 Å². The summed E-state index contributed by atoms with van der Waals surface area (Å²) < 4.78 is 11.9. The number of nitrogens with one attached hydrogen (secondary N) is 2. The van der Waals surface area contributed by atoms with E-state index in [0.717, 1.165) is 15.6 Å². The Morgan fingerprint density at radius 1 is 1.06 bits per heavy atom. The predicted molar refractivity (Wildman–Crippen MR) is 131 cm³/mol. The van der Waals surface area contributed by atoms with E-state index in [0.29, 0.717) is 28.3 Å². The van der Waals surface area contributed by atoms with Gasteiger partial charge < -0.3 is 25.2 Å². The number of rotatable bonds is 9. The minimum absolute atomic E-state index is 0.127. The molecule has 2 aromatic heterocycles. The van der Waals surface area contributed by atoms with Crippen molar-refractivity contribution in [3.8, 4) is 11.5 Å². The standard InChI is InChI=1S/C25H23N3O5S/c1-32-19-7-5-16(6-8-19)24(30)28-18-3-2-4-20(11-18)33-14-17-15-34-23-21(17)12-26-13-22(23)25(31)27-9-10-29/h2-8,11-13,15,29H,9-10,14H2,1H3,(H,27,31)(H,28,30). The number of nitrogens with zero attached hydrogens (tertiary/aromatic N) is 1. The van der Waals surface area contributed by atoms with E-state index in [4.69, 9.17) is 14.6 Å². The average Bonchev–Trinajstić information content (AvgIpc) is 3.29. The normalized spacial score (nSPS) is 10.6. The molecule has 0 bridgehead atoms. The Balaban J connectivity index is 1.43. The van der Waals surface area contributed by atoms with Gasteiger partial charge in [-0.2, -0.15) is 0 Å². The first kappa shape index (κ1) is 23.2. The molecule has 4 rings (SSSR count). The molecular formula is C25H23N3O5S. The highest BCUT2D eigenvalue weighted by Crippen LogP contribution is 2.29. The second-order valence-electron chi connectivity index (χ2n) is 7.30. The molecule has 4 aromatic rings. The first-order valence-corrected chi connectivity index (χ1v) is 11.4. The van der Waals surface area contributed by atoms with Gasteiger partial charge in [-0.25, -0.2) is 0 Å². The van der Waals surface area contributed by atoms with Gasteiger partial charge in [0.05, 0.1) is 24.0 Å². The van der Waals surface area contributed by atoms with E-state index >= 15 is 0 Å². The minimum atomic E-state index is -0.276.